The van der Waals surface area contributed by atoms with Crippen LogP contribution in [0, 0.1) is 12.7 Å². The number of carbonyl (C=O) groups excluding carboxylic acids is 1. The van der Waals surface area contributed by atoms with E-state index >= 15 is 0 Å². The molecule has 0 radical (unpaired) electrons. The number of ether oxygens (including phenoxy) is 2. The van der Waals surface area contributed by atoms with E-state index in [0.29, 0.717) is 34.6 Å². The summed E-state index contributed by atoms with van der Waals surface area (Å²) in [5.41, 5.74) is 0.524. The number of benzene rings is 2. The maximum atomic E-state index is 14.0. The van der Waals surface area contributed by atoms with Gasteiger partial charge in [-0.3, -0.25) is 4.79 Å². The van der Waals surface area contributed by atoms with Crippen LogP contribution < -0.4 is 19.3 Å². The van der Waals surface area contributed by atoms with Crippen LogP contribution in [0.3, 0.4) is 0 Å². The van der Waals surface area contributed by atoms with E-state index < -0.39 is 48.0 Å². The van der Waals surface area contributed by atoms with Crippen LogP contribution in [0.1, 0.15) is 31.4 Å². The lowest BCUT2D eigenvalue weighted by atomic mass is 9.82. The molecule has 1 fully saturated rings. The molecule has 1 aromatic heterocycles. The summed E-state index contributed by atoms with van der Waals surface area (Å²) in [4.78, 5) is 21.6. The van der Waals surface area contributed by atoms with Gasteiger partial charge in [-0.25, -0.2) is 9.37 Å². The van der Waals surface area contributed by atoms with Crippen LogP contribution in [-0.4, -0.2) is 66.7 Å². The zero-order valence-corrected chi connectivity index (χ0v) is 23.9. The molecule has 13 heteroatoms. The fourth-order valence-corrected chi connectivity index (χ4v) is 5.28. The van der Waals surface area contributed by atoms with E-state index in [1.807, 2.05) is 0 Å². The smallest absolute Gasteiger partial charge is 0.387 e. The van der Waals surface area contributed by atoms with Gasteiger partial charge < -0.3 is 29.5 Å². The summed E-state index contributed by atoms with van der Waals surface area (Å²) in [7, 11) is 1.47. The summed E-state index contributed by atoms with van der Waals surface area (Å²) in [5, 5.41) is 20.0. The van der Waals surface area contributed by atoms with Gasteiger partial charge in [0, 0.05) is 25.2 Å². The molecule has 0 saturated carbocycles. The van der Waals surface area contributed by atoms with Crippen molar-refractivity contribution >= 4 is 17.4 Å². The molecule has 4 rings (SSSR count). The highest BCUT2D eigenvalue weighted by Gasteiger charge is 2.36. The third kappa shape index (κ3) is 6.99. The first kappa shape index (κ1) is 32.0. The summed E-state index contributed by atoms with van der Waals surface area (Å²) in [6.07, 6.45) is 1.09. The van der Waals surface area contributed by atoms with Gasteiger partial charge in [-0.15, -0.1) is 0 Å². The highest BCUT2D eigenvalue weighted by atomic mass is 19.3. The zero-order valence-electron chi connectivity index (χ0n) is 23.9. The molecule has 1 aliphatic rings. The fourth-order valence-electron chi connectivity index (χ4n) is 5.28. The second kappa shape index (κ2) is 12.7. The summed E-state index contributed by atoms with van der Waals surface area (Å²) < 4.78 is 74.8. The Balaban J connectivity index is 1.79. The number of nitrogens with zero attached hydrogens (tertiary/aromatic N) is 3. The van der Waals surface area contributed by atoms with E-state index in [9.17, 15) is 37.0 Å². The Labute approximate surface area is 245 Å². The third-order valence-electron chi connectivity index (χ3n) is 7.50. The number of amides is 1. The molecule has 232 valence electrons. The van der Waals surface area contributed by atoms with Crippen molar-refractivity contribution < 1.29 is 46.4 Å². The van der Waals surface area contributed by atoms with Crippen molar-refractivity contribution in [2.24, 2.45) is 0 Å². The first-order chi connectivity index (χ1) is 20.2. The molecular weight excluding hydrogens is 577 g/mol. The SMILES string of the molecule is Cc1cc(F)ccc1-c1cc(N2CC(O)CC2CO)ncc1N(C)C(=O)C(C)(C)c1cc(OC(F)F)cc(OC(F)F)c1. The molecule has 2 unspecified atom stereocenters. The van der Waals surface area contributed by atoms with Gasteiger partial charge in [0.05, 0.1) is 36.1 Å². The summed E-state index contributed by atoms with van der Waals surface area (Å²) in [6, 6.07) is 8.62. The van der Waals surface area contributed by atoms with Gasteiger partial charge in [-0.2, -0.15) is 17.6 Å². The molecule has 2 atom stereocenters. The molecule has 2 heterocycles. The number of halogens is 5. The predicted octanol–water partition coefficient (Wildman–Crippen LogP) is 5.27. The highest BCUT2D eigenvalue weighted by molar-refractivity contribution is 6.03. The van der Waals surface area contributed by atoms with E-state index in [0.717, 1.165) is 18.2 Å². The van der Waals surface area contributed by atoms with Crippen LogP contribution in [-0.2, 0) is 10.2 Å². The van der Waals surface area contributed by atoms with Crippen molar-refractivity contribution in [3.8, 4) is 22.6 Å². The van der Waals surface area contributed by atoms with Crippen molar-refractivity contribution in [2.45, 2.75) is 58.0 Å². The number of pyridine rings is 1. The number of carbonyl (C=O) groups is 1. The van der Waals surface area contributed by atoms with Crippen molar-refractivity contribution in [2.75, 3.05) is 30.0 Å². The number of aliphatic hydroxyl groups is 2. The Morgan fingerprint density at radius 2 is 1.70 bits per heavy atom. The van der Waals surface area contributed by atoms with Crippen molar-refractivity contribution in [1.29, 1.82) is 0 Å². The van der Waals surface area contributed by atoms with E-state index in [4.69, 9.17) is 0 Å². The number of β-amino-alcohol motifs (C(OH)–C–C–N with tert-alkyl or cyclic N) is 1. The van der Waals surface area contributed by atoms with Gasteiger partial charge in [0.25, 0.3) is 0 Å². The van der Waals surface area contributed by atoms with Crippen LogP contribution in [0.25, 0.3) is 11.1 Å². The average molecular weight is 610 g/mol. The summed E-state index contributed by atoms with van der Waals surface area (Å²) in [6.45, 7) is -1.81. The Kier molecular flexibility index (Phi) is 9.45. The number of aromatic nitrogens is 1. The molecular formula is C30H32F5N3O5. The maximum Gasteiger partial charge on any atom is 0.387 e. The van der Waals surface area contributed by atoms with Crippen LogP contribution in [0.15, 0.2) is 48.7 Å². The molecule has 3 aromatic rings. The van der Waals surface area contributed by atoms with Crippen molar-refractivity contribution in [3.63, 3.8) is 0 Å². The lowest BCUT2D eigenvalue weighted by molar-refractivity contribution is -0.122. The van der Waals surface area contributed by atoms with E-state index in [1.165, 1.54) is 44.1 Å². The van der Waals surface area contributed by atoms with Gasteiger partial charge in [0.1, 0.15) is 23.1 Å². The van der Waals surface area contributed by atoms with E-state index in [1.54, 1.807) is 24.0 Å². The molecule has 0 bridgehead atoms. The Morgan fingerprint density at radius 3 is 2.26 bits per heavy atom. The lowest BCUT2D eigenvalue weighted by Gasteiger charge is -2.32. The molecule has 2 aromatic carbocycles. The van der Waals surface area contributed by atoms with Crippen LogP contribution in [0.2, 0.25) is 0 Å². The first-order valence-electron chi connectivity index (χ1n) is 13.4. The number of hydrogen-bond donors (Lipinski definition) is 2. The van der Waals surface area contributed by atoms with Gasteiger partial charge in [0.2, 0.25) is 5.91 Å². The molecule has 43 heavy (non-hydrogen) atoms. The zero-order chi connectivity index (χ0) is 31.6. The molecule has 0 spiro atoms. The minimum absolute atomic E-state index is 0.0686. The number of likely N-dealkylation sites (N-methyl/N-ethyl adjacent to an activating group) is 1. The third-order valence-corrected chi connectivity index (χ3v) is 7.50. The topological polar surface area (TPSA) is 95.4 Å². The van der Waals surface area contributed by atoms with Crippen LogP contribution in [0.5, 0.6) is 11.5 Å². The molecule has 8 nitrogen and oxygen atoms in total. The van der Waals surface area contributed by atoms with Gasteiger partial charge >= 0.3 is 13.2 Å². The number of hydrogen-bond acceptors (Lipinski definition) is 7. The standard InChI is InChI=1S/C30H32F5N3O5/c1-16-7-18(31)5-6-23(16)24-12-26(38-14-20(40)10-19(38)15-39)36-13-25(24)37(4)27(41)30(2,3)17-8-21(42-28(32)33)11-22(9-17)43-29(34)35/h5-9,11-13,19-20,28-29,39-40H,10,14-15H2,1-4H3. The molecule has 1 amide bonds. The minimum atomic E-state index is -3.25. The normalized spacial score (nSPS) is 17.1. The second-order valence-electron chi connectivity index (χ2n) is 10.8. The van der Waals surface area contributed by atoms with Crippen molar-refractivity contribution in [3.05, 3.63) is 65.6 Å². The molecule has 1 aliphatic heterocycles. The van der Waals surface area contributed by atoms with Gasteiger partial charge in [-0.1, -0.05) is 6.07 Å². The second-order valence-corrected chi connectivity index (χ2v) is 10.8. The number of rotatable bonds is 10. The van der Waals surface area contributed by atoms with E-state index in [-0.39, 0.29) is 24.8 Å². The predicted molar refractivity (Wildman–Crippen MR) is 149 cm³/mol. The lowest BCUT2D eigenvalue weighted by Crippen LogP contribution is -2.42. The summed E-state index contributed by atoms with van der Waals surface area (Å²) in [5.74, 6) is -1.54. The number of aryl methyl sites for hydroxylation is 1. The minimum Gasteiger partial charge on any atom is -0.435 e. The Morgan fingerprint density at radius 1 is 1.07 bits per heavy atom. The fraction of sp³-hybridized carbons (Fsp3) is 0.400. The maximum absolute atomic E-state index is 14.0. The molecule has 0 aliphatic carbocycles. The van der Waals surface area contributed by atoms with Gasteiger partial charge in [0.15, 0.2) is 0 Å². The average Bonchev–Trinajstić information content (AvgIpc) is 3.31. The van der Waals surface area contributed by atoms with Crippen molar-refractivity contribution in [1.82, 2.24) is 4.98 Å². The largest absolute Gasteiger partial charge is 0.435 e. The van der Waals surface area contributed by atoms with E-state index in [2.05, 4.69) is 14.5 Å². The summed E-state index contributed by atoms with van der Waals surface area (Å²) >= 11 is 0. The Bertz CT molecular complexity index is 1440. The Hall–Kier alpha value is -3.97. The highest BCUT2D eigenvalue weighted by Crippen LogP contribution is 2.39. The molecule has 1 saturated heterocycles. The number of anilines is 2. The molecule has 2 N–H and O–H groups in total. The number of alkyl halides is 4. The quantitative estimate of drug-likeness (QED) is 0.303. The van der Waals surface area contributed by atoms with Crippen LogP contribution in [0.4, 0.5) is 33.5 Å². The monoisotopic (exact) mass is 609 g/mol. The first-order valence-corrected chi connectivity index (χ1v) is 13.4. The van der Waals surface area contributed by atoms with Crippen LogP contribution >= 0.6 is 0 Å². The van der Waals surface area contributed by atoms with Gasteiger partial charge in [-0.05, 0) is 74.2 Å². The number of aliphatic hydroxyl groups excluding tert-OH is 2.